The average Bonchev–Trinajstić information content (AvgIpc) is 2.35. The predicted molar refractivity (Wildman–Crippen MR) is 77.5 cm³/mol. The van der Waals surface area contributed by atoms with E-state index in [9.17, 15) is 4.79 Å². The molecule has 0 amide bonds. The summed E-state index contributed by atoms with van der Waals surface area (Å²) < 4.78 is 5.17. The average molecular weight is 254 g/mol. The number of carbonyl (C=O) groups excluding carboxylic acids is 1. The minimum absolute atomic E-state index is 0.0217. The number of unbranched alkanes of at least 4 members (excludes halogenated alkanes) is 4. The number of ether oxygens (including phenoxy) is 1. The Kier molecular flexibility index (Phi) is 10.8. The van der Waals surface area contributed by atoms with Gasteiger partial charge in [-0.3, -0.25) is 4.79 Å². The van der Waals surface area contributed by atoms with Crippen LogP contribution in [0.25, 0.3) is 0 Å². The van der Waals surface area contributed by atoms with E-state index in [1.807, 2.05) is 6.92 Å². The van der Waals surface area contributed by atoms with E-state index in [0.717, 1.165) is 25.7 Å². The second-order valence-electron chi connectivity index (χ2n) is 4.89. The minimum Gasteiger partial charge on any atom is -0.466 e. The molecule has 2 nitrogen and oxygen atoms in total. The largest absolute Gasteiger partial charge is 0.466 e. The van der Waals surface area contributed by atoms with Crippen molar-refractivity contribution in [3.05, 3.63) is 11.6 Å². The molecular weight excluding hydrogens is 224 g/mol. The summed E-state index contributed by atoms with van der Waals surface area (Å²) in [5, 5.41) is 0. The third-order valence-electron chi connectivity index (χ3n) is 3.24. The molecular formula is C16H30O2. The van der Waals surface area contributed by atoms with Crippen LogP contribution < -0.4 is 0 Å². The molecule has 0 saturated carbocycles. The van der Waals surface area contributed by atoms with Crippen molar-refractivity contribution in [1.82, 2.24) is 0 Å². The van der Waals surface area contributed by atoms with E-state index in [2.05, 4.69) is 26.8 Å². The SMILES string of the molecule is CCCCCC=C(C)C(CCCC)C(=O)OCC. The fourth-order valence-corrected chi connectivity index (χ4v) is 2.05. The van der Waals surface area contributed by atoms with Crippen LogP contribution in [0.15, 0.2) is 11.6 Å². The van der Waals surface area contributed by atoms with Crippen LogP contribution in [0.1, 0.15) is 72.6 Å². The van der Waals surface area contributed by atoms with Crippen LogP contribution in [0.2, 0.25) is 0 Å². The van der Waals surface area contributed by atoms with Crippen molar-refractivity contribution in [2.24, 2.45) is 5.92 Å². The number of carbonyl (C=O) groups is 1. The minimum atomic E-state index is -0.0461. The Morgan fingerprint density at radius 2 is 1.78 bits per heavy atom. The van der Waals surface area contributed by atoms with Crippen LogP contribution in [0.3, 0.4) is 0 Å². The molecule has 0 aliphatic heterocycles. The third-order valence-corrected chi connectivity index (χ3v) is 3.24. The zero-order valence-corrected chi connectivity index (χ0v) is 12.6. The lowest BCUT2D eigenvalue weighted by molar-refractivity contribution is -0.146. The van der Waals surface area contributed by atoms with Crippen molar-refractivity contribution in [1.29, 1.82) is 0 Å². The van der Waals surface area contributed by atoms with Gasteiger partial charge in [0.05, 0.1) is 12.5 Å². The second kappa shape index (κ2) is 11.3. The molecule has 0 aliphatic rings. The molecule has 0 heterocycles. The van der Waals surface area contributed by atoms with Gasteiger partial charge in [0, 0.05) is 0 Å². The summed E-state index contributed by atoms with van der Waals surface area (Å²) in [6, 6.07) is 0. The first kappa shape index (κ1) is 17.2. The quantitative estimate of drug-likeness (QED) is 0.315. The van der Waals surface area contributed by atoms with Gasteiger partial charge >= 0.3 is 5.97 Å². The number of rotatable bonds is 10. The number of hydrogen-bond donors (Lipinski definition) is 0. The zero-order valence-electron chi connectivity index (χ0n) is 12.6. The van der Waals surface area contributed by atoms with Crippen molar-refractivity contribution in [3.63, 3.8) is 0 Å². The summed E-state index contributed by atoms with van der Waals surface area (Å²) in [6.07, 6.45) is 10.2. The molecule has 0 bridgehead atoms. The van der Waals surface area contributed by atoms with Crippen LogP contribution in [-0.4, -0.2) is 12.6 Å². The molecule has 0 aromatic heterocycles. The molecule has 0 aromatic carbocycles. The topological polar surface area (TPSA) is 26.3 Å². The van der Waals surface area contributed by atoms with Crippen molar-refractivity contribution in [2.45, 2.75) is 72.6 Å². The summed E-state index contributed by atoms with van der Waals surface area (Å²) in [5.41, 5.74) is 1.19. The first-order chi connectivity index (χ1) is 8.67. The molecule has 0 N–H and O–H groups in total. The highest BCUT2D eigenvalue weighted by atomic mass is 16.5. The Balaban J connectivity index is 4.37. The molecule has 0 aromatic rings. The van der Waals surface area contributed by atoms with Gasteiger partial charge in [0.15, 0.2) is 0 Å². The second-order valence-corrected chi connectivity index (χ2v) is 4.89. The molecule has 0 radical (unpaired) electrons. The summed E-state index contributed by atoms with van der Waals surface area (Å²) in [7, 11) is 0. The normalized spacial score (nSPS) is 13.4. The summed E-state index contributed by atoms with van der Waals surface area (Å²) in [4.78, 5) is 11.9. The van der Waals surface area contributed by atoms with Crippen LogP contribution >= 0.6 is 0 Å². The molecule has 0 aliphatic carbocycles. The smallest absolute Gasteiger partial charge is 0.313 e. The zero-order chi connectivity index (χ0) is 13.8. The Hall–Kier alpha value is -0.790. The molecule has 0 spiro atoms. The van der Waals surface area contributed by atoms with Gasteiger partial charge in [0.2, 0.25) is 0 Å². The Labute approximate surface area is 113 Å². The Morgan fingerprint density at radius 1 is 1.11 bits per heavy atom. The van der Waals surface area contributed by atoms with Crippen molar-refractivity contribution >= 4 is 5.97 Å². The van der Waals surface area contributed by atoms with Gasteiger partial charge in [-0.1, -0.05) is 51.2 Å². The van der Waals surface area contributed by atoms with Gasteiger partial charge in [-0.15, -0.1) is 0 Å². The summed E-state index contributed by atoms with van der Waals surface area (Å²) in [5.74, 6) is -0.0679. The molecule has 1 atom stereocenters. The first-order valence-corrected chi connectivity index (χ1v) is 7.50. The lowest BCUT2D eigenvalue weighted by Gasteiger charge is -2.16. The Morgan fingerprint density at radius 3 is 2.33 bits per heavy atom. The van der Waals surface area contributed by atoms with Gasteiger partial charge in [0.1, 0.15) is 0 Å². The number of hydrogen-bond acceptors (Lipinski definition) is 2. The summed E-state index contributed by atoms with van der Waals surface area (Å²) >= 11 is 0. The van der Waals surface area contributed by atoms with Crippen LogP contribution in [0.4, 0.5) is 0 Å². The van der Waals surface area contributed by atoms with Gasteiger partial charge in [-0.05, 0) is 33.1 Å². The maximum Gasteiger partial charge on any atom is 0.313 e. The summed E-state index contributed by atoms with van der Waals surface area (Å²) in [6.45, 7) is 8.78. The van der Waals surface area contributed by atoms with E-state index in [0.29, 0.717) is 6.61 Å². The lowest BCUT2D eigenvalue weighted by Crippen LogP contribution is -2.19. The molecule has 0 fully saturated rings. The van der Waals surface area contributed by atoms with Gasteiger partial charge in [-0.2, -0.15) is 0 Å². The highest BCUT2D eigenvalue weighted by molar-refractivity contribution is 5.75. The monoisotopic (exact) mass is 254 g/mol. The van der Waals surface area contributed by atoms with E-state index >= 15 is 0 Å². The number of allylic oxidation sites excluding steroid dienone is 1. The van der Waals surface area contributed by atoms with Crippen molar-refractivity contribution < 1.29 is 9.53 Å². The van der Waals surface area contributed by atoms with Crippen molar-refractivity contribution in [3.8, 4) is 0 Å². The van der Waals surface area contributed by atoms with Gasteiger partial charge in [0.25, 0.3) is 0 Å². The predicted octanol–water partition coefficient (Wildman–Crippen LogP) is 4.88. The van der Waals surface area contributed by atoms with Crippen LogP contribution in [-0.2, 0) is 9.53 Å². The molecule has 0 rings (SSSR count). The maximum atomic E-state index is 11.9. The van der Waals surface area contributed by atoms with E-state index in [1.54, 1.807) is 0 Å². The molecule has 0 saturated heterocycles. The molecule has 2 heteroatoms. The molecule has 1 unspecified atom stereocenters. The third kappa shape index (κ3) is 7.52. The number of esters is 1. The maximum absolute atomic E-state index is 11.9. The Bertz CT molecular complexity index is 243. The van der Waals surface area contributed by atoms with E-state index in [1.165, 1.54) is 24.8 Å². The van der Waals surface area contributed by atoms with Crippen LogP contribution in [0, 0.1) is 5.92 Å². The highest BCUT2D eigenvalue weighted by Crippen LogP contribution is 2.21. The van der Waals surface area contributed by atoms with Gasteiger partial charge in [-0.25, -0.2) is 0 Å². The lowest BCUT2D eigenvalue weighted by atomic mass is 9.93. The highest BCUT2D eigenvalue weighted by Gasteiger charge is 2.20. The van der Waals surface area contributed by atoms with E-state index in [4.69, 9.17) is 4.74 Å². The van der Waals surface area contributed by atoms with E-state index < -0.39 is 0 Å². The van der Waals surface area contributed by atoms with Crippen molar-refractivity contribution in [2.75, 3.05) is 6.61 Å². The molecule has 106 valence electrons. The molecule has 18 heavy (non-hydrogen) atoms. The van der Waals surface area contributed by atoms with Gasteiger partial charge < -0.3 is 4.74 Å². The fraction of sp³-hybridized carbons (Fsp3) is 0.812. The van der Waals surface area contributed by atoms with E-state index in [-0.39, 0.29) is 11.9 Å². The first-order valence-electron chi connectivity index (χ1n) is 7.50. The fourth-order valence-electron chi connectivity index (χ4n) is 2.05. The standard InChI is InChI=1S/C16H30O2/c1-5-8-10-11-12-14(4)15(13-9-6-2)16(17)18-7-3/h12,15H,5-11,13H2,1-4H3. The van der Waals surface area contributed by atoms with Crippen LogP contribution in [0.5, 0.6) is 0 Å².